The molecule has 1 heterocycles. The summed E-state index contributed by atoms with van der Waals surface area (Å²) in [6.07, 6.45) is 2.07. The first-order chi connectivity index (χ1) is 5.25. The Balaban J connectivity index is 2.39. The molecular formula is C8H15NO2. The quantitative estimate of drug-likeness (QED) is 0.579. The lowest BCUT2D eigenvalue weighted by Gasteiger charge is -2.19. The third kappa shape index (κ3) is 1.85. The average Bonchev–Trinajstić information content (AvgIpc) is 2.36. The van der Waals surface area contributed by atoms with Crippen molar-refractivity contribution in [3.05, 3.63) is 0 Å². The minimum absolute atomic E-state index is 0.155. The van der Waals surface area contributed by atoms with E-state index in [-0.39, 0.29) is 6.09 Å². The van der Waals surface area contributed by atoms with Gasteiger partial charge in [-0.25, -0.2) is 4.79 Å². The van der Waals surface area contributed by atoms with Crippen molar-refractivity contribution in [2.75, 3.05) is 13.2 Å². The maximum absolute atomic E-state index is 11.2. The zero-order valence-corrected chi connectivity index (χ0v) is 7.17. The van der Waals surface area contributed by atoms with Crippen LogP contribution in [-0.4, -0.2) is 30.2 Å². The summed E-state index contributed by atoms with van der Waals surface area (Å²) >= 11 is 0. The molecule has 0 aromatic rings. The molecule has 0 spiro atoms. The van der Waals surface area contributed by atoms with E-state index in [1.165, 1.54) is 0 Å². The first kappa shape index (κ1) is 8.37. The van der Waals surface area contributed by atoms with Gasteiger partial charge >= 0.3 is 6.09 Å². The summed E-state index contributed by atoms with van der Waals surface area (Å²) in [7, 11) is 0. The highest BCUT2D eigenvalue weighted by atomic mass is 16.6. The van der Waals surface area contributed by atoms with Crippen LogP contribution in [0.15, 0.2) is 0 Å². The van der Waals surface area contributed by atoms with Crippen molar-refractivity contribution in [3.63, 3.8) is 0 Å². The van der Waals surface area contributed by atoms with E-state index in [0.717, 1.165) is 19.4 Å². The summed E-state index contributed by atoms with van der Waals surface area (Å²) in [5.74, 6) is 0. The summed E-state index contributed by atoms with van der Waals surface area (Å²) in [5.41, 5.74) is 0. The Morgan fingerprint density at radius 1 is 1.73 bits per heavy atom. The van der Waals surface area contributed by atoms with Crippen molar-refractivity contribution >= 4 is 6.09 Å². The van der Waals surface area contributed by atoms with Gasteiger partial charge in [0.25, 0.3) is 0 Å². The highest BCUT2D eigenvalue weighted by molar-refractivity contribution is 5.68. The second-order valence-corrected chi connectivity index (χ2v) is 2.88. The molecule has 0 saturated carbocycles. The van der Waals surface area contributed by atoms with Crippen LogP contribution in [0.3, 0.4) is 0 Å². The van der Waals surface area contributed by atoms with Gasteiger partial charge in [-0.2, -0.15) is 0 Å². The van der Waals surface area contributed by atoms with Crippen LogP contribution >= 0.6 is 0 Å². The summed E-state index contributed by atoms with van der Waals surface area (Å²) in [5, 5.41) is 0. The molecule has 1 saturated heterocycles. The summed E-state index contributed by atoms with van der Waals surface area (Å²) in [4.78, 5) is 13.0. The topological polar surface area (TPSA) is 29.5 Å². The molecule has 0 unspecified atom stereocenters. The van der Waals surface area contributed by atoms with Crippen LogP contribution in [0, 0.1) is 0 Å². The third-order valence-electron chi connectivity index (χ3n) is 2.06. The summed E-state index contributed by atoms with van der Waals surface area (Å²) < 4.78 is 4.88. The minimum Gasteiger partial charge on any atom is -0.450 e. The lowest BCUT2D eigenvalue weighted by atomic mass is 10.2. The molecule has 0 N–H and O–H groups in total. The maximum Gasteiger partial charge on any atom is 0.409 e. The predicted octanol–water partition coefficient (Wildman–Crippen LogP) is 1.63. The van der Waals surface area contributed by atoms with Crippen LogP contribution in [0.2, 0.25) is 0 Å². The van der Waals surface area contributed by atoms with E-state index >= 15 is 0 Å². The molecule has 1 aliphatic rings. The molecule has 0 aromatic heterocycles. The van der Waals surface area contributed by atoms with Gasteiger partial charge in [-0.15, -0.1) is 0 Å². The second kappa shape index (κ2) is 3.60. The molecule has 1 aliphatic heterocycles. The molecule has 0 bridgehead atoms. The molecule has 1 rings (SSSR count). The third-order valence-corrected chi connectivity index (χ3v) is 2.06. The molecule has 1 amide bonds. The first-order valence-electron chi connectivity index (χ1n) is 4.19. The monoisotopic (exact) mass is 157 g/mol. The van der Waals surface area contributed by atoms with E-state index < -0.39 is 0 Å². The molecule has 0 radical (unpaired) electrons. The van der Waals surface area contributed by atoms with Gasteiger partial charge in [0.15, 0.2) is 0 Å². The summed E-state index contributed by atoms with van der Waals surface area (Å²) in [6.45, 7) is 5.23. The highest BCUT2D eigenvalue weighted by Gasteiger charge is 2.25. The molecular weight excluding hydrogens is 142 g/mol. The lowest BCUT2D eigenvalue weighted by molar-refractivity contribution is 0.105. The van der Waals surface area contributed by atoms with Crippen molar-refractivity contribution < 1.29 is 9.53 Å². The van der Waals surface area contributed by atoms with Gasteiger partial charge in [0.05, 0.1) is 6.61 Å². The van der Waals surface area contributed by atoms with Crippen LogP contribution in [0.25, 0.3) is 0 Å². The number of carbonyl (C=O) groups is 1. The van der Waals surface area contributed by atoms with Crippen molar-refractivity contribution in [1.29, 1.82) is 0 Å². The van der Waals surface area contributed by atoms with Gasteiger partial charge in [0.1, 0.15) is 0 Å². The van der Waals surface area contributed by atoms with Gasteiger partial charge in [0, 0.05) is 12.6 Å². The van der Waals surface area contributed by atoms with Crippen molar-refractivity contribution in [2.45, 2.75) is 32.7 Å². The Hall–Kier alpha value is -0.730. The van der Waals surface area contributed by atoms with Crippen molar-refractivity contribution in [1.82, 2.24) is 4.90 Å². The average molecular weight is 157 g/mol. The lowest BCUT2D eigenvalue weighted by Crippen LogP contribution is -2.34. The molecule has 0 aliphatic carbocycles. The van der Waals surface area contributed by atoms with E-state index in [2.05, 4.69) is 6.92 Å². The molecule has 11 heavy (non-hydrogen) atoms. The Kier molecular flexibility index (Phi) is 2.74. The molecule has 0 aromatic carbocycles. The number of amides is 1. The van der Waals surface area contributed by atoms with Gasteiger partial charge in [-0.05, 0) is 26.7 Å². The van der Waals surface area contributed by atoms with Crippen LogP contribution in [0.5, 0.6) is 0 Å². The fourth-order valence-electron chi connectivity index (χ4n) is 1.41. The predicted molar refractivity (Wildman–Crippen MR) is 42.4 cm³/mol. The standard InChI is InChI=1S/C8H15NO2/c1-3-11-8(10)9-6-4-5-7(9)2/h7H,3-6H2,1-2H3/t7-/m1/s1. The Morgan fingerprint density at radius 2 is 2.45 bits per heavy atom. The van der Waals surface area contributed by atoms with Crippen LogP contribution < -0.4 is 0 Å². The zero-order valence-electron chi connectivity index (χ0n) is 7.17. The van der Waals surface area contributed by atoms with Crippen LogP contribution in [0.4, 0.5) is 4.79 Å². The van der Waals surface area contributed by atoms with E-state index in [9.17, 15) is 4.79 Å². The molecule has 64 valence electrons. The van der Waals surface area contributed by atoms with Gasteiger partial charge in [-0.1, -0.05) is 0 Å². The highest BCUT2D eigenvalue weighted by Crippen LogP contribution is 2.16. The Labute approximate surface area is 67.3 Å². The van der Waals surface area contributed by atoms with E-state index in [1.54, 1.807) is 4.90 Å². The van der Waals surface area contributed by atoms with E-state index in [1.807, 2.05) is 6.92 Å². The fraction of sp³-hybridized carbons (Fsp3) is 0.875. The van der Waals surface area contributed by atoms with E-state index in [0.29, 0.717) is 12.6 Å². The molecule has 3 heteroatoms. The van der Waals surface area contributed by atoms with Crippen molar-refractivity contribution in [3.8, 4) is 0 Å². The Morgan fingerprint density at radius 3 is 2.91 bits per heavy atom. The first-order valence-corrected chi connectivity index (χ1v) is 4.19. The van der Waals surface area contributed by atoms with Crippen molar-refractivity contribution in [2.24, 2.45) is 0 Å². The number of carbonyl (C=O) groups excluding carboxylic acids is 1. The number of rotatable bonds is 1. The number of ether oxygens (including phenoxy) is 1. The smallest absolute Gasteiger partial charge is 0.409 e. The number of nitrogens with zero attached hydrogens (tertiary/aromatic N) is 1. The molecule has 1 fully saturated rings. The molecule has 1 atom stereocenters. The van der Waals surface area contributed by atoms with Crippen LogP contribution in [-0.2, 0) is 4.74 Å². The zero-order chi connectivity index (χ0) is 8.27. The largest absolute Gasteiger partial charge is 0.450 e. The van der Waals surface area contributed by atoms with Gasteiger partial charge in [-0.3, -0.25) is 0 Å². The normalized spacial score (nSPS) is 23.8. The minimum atomic E-state index is -0.155. The molecule has 3 nitrogen and oxygen atoms in total. The maximum atomic E-state index is 11.2. The Bertz CT molecular complexity index is 147. The number of hydrogen-bond acceptors (Lipinski definition) is 2. The summed E-state index contributed by atoms with van der Waals surface area (Å²) in [6, 6.07) is 0.369. The number of likely N-dealkylation sites (tertiary alicyclic amines) is 1. The second-order valence-electron chi connectivity index (χ2n) is 2.88. The van der Waals surface area contributed by atoms with Gasteiger partial charge in [0.2, 0.25) is 0 Å². The SMILES string of the molecule is CCOC(=O)N1CCC[C@H]1C. The van der Waals surface area contributed by atoms with Gasteiger partial charge < -0.3 is 9.64 Å². The fourth-order valence-corrected chi connectivity index (χ4v) is 1.41. The van der Waals surface area contributed by atoms with E-state index in [4.69, 9.17) is 4.74 Å². The van der Waals surface area contributed by atoms with Crippen LogP contribution in [0.1, 0.15) is 26.7 Å². The number of hydrogen-bond donors (Lipinski definition) is 0.